The van der Waals surface area contributed by atoms with Gasteiger partial charge in [0.25, 0.3) is 0 Å². The molecule has 0 aliphatic carbocycles. The second-order valence-electron chi connectivity index (χ2n) is 5.26. The first kappa shape index (κ1) is 14.8. The van der Waals surface area contributed by atoms with Gasteiger partial charge in [0.15, 0.2) is 0 Å². The molecule has 0 bridgehead atoms. The Hall–Kier alpha value is -1.63. The van der Waals surface area contributed by atoms with Crippen LogP contribution in [-0.4, -0.2) is 54.8 Å². The second kappa shape index (κ2) is 6.69. The highest BCUT2D eigenvalue weighted by Gasteiger charge is 2.19. The molecular formula is C13H24N6O. The number of nitrogens with two attached hydrogens (primary N) is 1. The molecule has 1 fully saturated rings. The van der Waals surface area contributed by atoms with Crippen molar-refractivity contribution < 1.29 is 4.74 Å². The Morgan fingerprint density at radius 3 is 2.60 bits per heavy atom. The van der Waals surface area contributed by atoms with E-state index in [9.17, 15) is 0 Å². The lowest BCUT2D eigenvalue weighted by Gasteiger charge is -2.29. The van der Waals surface area contributed by atoms with E-state index in [2.05, 4.69) is 26.8 Å². The van der Waals surface area contributed by atoms with Crippen molar-refractivity contribution in [2.75, 3.05) is 49.4 Å². The summed E-state index contributed by atoms with van der Waals surface area (Å²) in [7, 11) is 3.63. The summed E-state index contributed by atoms with van der Waals surface area (Å²) in [6, 6.07) is 0.177. The van der Waals surface area contributed by atoms with Gasteiger partial charge in [-0.2, -0.15) is 15.0 Å². The fourth-order valence-corrected chi connectivity index (χ4v) is 2.31. The van der Waals surface area contributed by atoms with Crippen molar-refractivity contribution in [1.29, 1.82) is 0 Å². The Morgan fingerprint density at radius 2 is 1.95 bits per heavy atom. The zero-order valence-corrected chi connectivity index (χ0v) is 12.5. The van der Waals surface area contributed by atoms with Gasteiger partial charge in [0, 0.05) is 27.2 Å². The maximum absolute atomic E-state index is 5.83. The number of nitrogens with zero attached hydrogens (tertiary/aromatic N) is 5. The van der Waals surface area contributed by atoms with Crippen molar-refractivity contribution in [2.24, 2.45) is 0 Å². The fraction of sp³-hybridized carbons (Fsp3) is 0.769. The van der Waals surface area contributed by atoms with E-state index < -0.39 is 0 Å². The van der Waals surface area contributed by atoms with Gasteiger partial charge in [0.05, 0.1) is 12.6 Å². The minimum atomic E-state index is 0.177. The third kappa shape index (κ3) is 3.47. The van der Waals surface area contributed by atoms with Gasteiger partial charge in [0.1, 0.15) is 0 Å². The molecule has 0 saturated carbocycles. The van der Waals surface area contributed by atoms with Crippen LogP contribution in [0.25, 0.3) is 0 Å². The van der Waals surface area contributed by atoms with Crippen LogP contribution in [0.5, 0.6) is 0 Å². The number of anilines is 3. The number of likely N-dealkylation sites (N-methyl/N-ethyl adjacent to an activating group) is 1. The van der Waals surface area contributed by atoms with Gasteiger partial charge < -0.3 is 20.3 Å². The van der Waals surface area contributed by atoms with E-state index in [4.69, 9.17) is 10.5 Å². The first-order chi connectivity index (χ1) is 9.61. The Labute approximate surface area is 120 Å². The van der Waals surface area contributed by atoms with E-state index in [1.807, 2.05) is 11.9 Å². The molecule has 112 valence electrons. The molecule has 0 amide bonds. The van der Waals surface area contributed by atoms with E-state index in [1.165, 1.54) is 19.3 Å². The molecule has 1 unspecified atom stereocenters. The monoisotopic (exact) mass is 280 g/mol. The minimum absolute atomic E-state index is 0.177. The molecule has 0 spiro atoms. The highest BCUT2D eigenvalue weighted by Crippen LogP contribution is 2.19. The Morgan fingerprint density at radius 1 is 1.25 bits per heavy atom. The summed E-state index contributed by atoms with van der Waals surface area (Å²) in [6.45, 7) is 4.64. The molecular weight excluding hydrogens is 256 g/mol. The van der Waals surface area contributed by atoms with Crippen molar-refractivity contribution in [1.82, 2.24) is 15.0 Å². The average Bonchev–Trinajstić information content (AvgIpc) is 2.47. The summed E-state index contributed by atoms with van der Waals surface area (Å²) in [4.78, 5) is 17.2. The third-order valence-electron chi connectivity index (χ3n) is 3.65. The summed E-state index contributed by atoms with van der Waals surface area (Å²) >= 11 is 0. The second-order valence-corrected chi connectivity index (χ2v) is 5.26. The molecule has 2 rings (SSSR count). The predicted octanol–water partition coefficient (Wildman–Crippen LogP) is 0.915. The topological polar surface area (TPSA) is 80.4 Å². The van der Waals surface area contributed by atoms with Gasteiger partial charge in [-0.3, -0.25) is 0 Å². The molecule has 0 aromatic carbocycles. The van der Waals surface area contributed by atoms with Gasteiger partial charge in [0.2, 0.25) is 17.8 Å². The SMILES string of the molecule is COCC(C)N(C)c1nc(N)nc(N2CCCCC2)n1. The maximum atomic E-state index is 5.83. The van der Waals surface area contributed by atoms with Crippen molar-refractivity contribution in [3.8, 4) is 0 Å². The van der Waals surface area contributed by atoms with Crippen molar-refractivity contribution in [2.45, 2.75) is 32.2 Å². The number of nitrogen functional groups attached to an aromatic ring is 1. The average molecular weight is 280 g/mol. The van der Waals surface area contributed by atoms with E-state index in [0.29, 0.717) is 18.5 Å². The summed E-state index contributed by atoms with van der Waals surface area (Å²) in [5.74, 6) is 1.55. The number of methoxy groups -OCH3 is 1. The summed E-state index contributed by atoms with van der Waals surface area (Å²) < 4.78 is 5.17. The molecule has 1 aromatic heterocycles. The van der Waals surface area contributed by atoms with E-state index >= 15 is 0 Å². The largest absolute Gasteiger partial charge is 0.383 e. The van der Waals surface area contributed by atoms with Crippen LogP contribution < -0.4 is 15.5 Å². The molecule has 20 heavy (non-hydrogen) atoms. The predicted molar refractivity (Wildman–Crippen MR) is 80.0 cm³/mol. The molecule has 2 heterocycles. The first-order valence-corrected chi connectivity index (χ1v) is 7.10. The smallest absolute Gasteiger partial charge is 0.232 e. The van der Waals surface area contributed by atoms with Gasteiger partial charge in [-0.05, 0) is 26.2 Å². The fourth-order valence-electron chi connectivity index (χ4n) is 2.31. The molecule has 7 heteroatoms. The zero-order chi connectivity index (χ0) is 14.5. The summed E-state index contributed by atoms with van der Waals surface area (Å²) in [6.07, 6.45) is 3.63. The van der Waals surface area contributed by atoms with Crippen LogP contribution in [0.15, 0.2) is 0 Å². The van der Waals surface area contributed by atoms with Crippen LogP contribution in [0.4, 0.5) is 17.8 Å². The number of rotatable bonds is 5. The molecule has 2 N–H and O–H groups in total. The molecule has 1 atom stereocenters. The van der Waals surface area contributed by atoms with E-state index in [1.54, 1.807) is 7.11 Å². The Balaban J connectivity index is 2.19. The molecule has 1 saturated heterocycles. The minimum Gasteiger partial charge on any atom is -0.383 e. The number of aromatic nitrogens is 3. The lowest BCUT2D eigenvalue weighted by atomic mass is 10.1. The van der Waals surface area contributed by atoms with Crippen molar-refractivity contribution >= 4 is 17.8 Å². The van der Waals surface area contributed by atoms with Gasteiger partial charge in [-0.25, -0.2) is 0 Å². The standard InChI is InChI=1S/C13H24N6O/c1-10(9-20-3)18(2)12-15-11(14)16-13(17-12)19-7-5-4-6-8-19/h10H,4-9H2,1-3H3,(H2,14,15,16,17). The summed E-state index contributed by atoms with van der Waals surface area (Å²) in [5, 5.41) is 0. The molecule has 7 nitrogen and oxygen atoms in total. The van der Waals surface area contributed by atoms with Crippen molar-refractivity contribution in [3.63, 3.8) is 0 Å². The van der Waals surface area contributed by atoms with E-state index in [0.717, 1.165) is 13.1 Å². The zero-order valence-electron chi connectivity index (χ0n) is 12.5. The summed E-state index contributed by atoms with van der Waals surface area (Å²) in [5.41, 5.74) is 5.83. The van der Waals surface area contributed by atoms with Gasteiger partial charge >= 0.3 is 0 Å². The van der Waals surface area contributed by atoms with E-state index in [-0.39, 0.29) is 12.0 Å². The maximum Gasteiger partial charge on any atom is 0.232 e. The molecule has 1 aliphatic rings. The van der Waals surface area contributed by atoms with Crippen LogP contribution in [-0.2, 0) is 4.74 Å². The normalized spacial score (nSPS) is 17.1. The Kier molecular flexibility index (Phi) is 4.94. The van der Waals surface area contributed by atoms with Gasteiger partial charge in [-0.15, -0.1) is 0 Å². The van der Waals surface area contributed by atoms with Crippen LogP contribution in [0, 0.1) is 0 Å². The van der Waals surface area contributed by atoms with Crippen LogP contribution in [0.2, 0.25) is 0 Å². The number of piperidine rings is 1. The van der Waals surface area contributed by atoms with Crippen LogP contribution in [0.3, 0.4) is 0 Å². The van der Waals surface area contributed by atoms with Crippen LogP contribution >= 0.6 is 0 Å². The molecule has 1 aromatic rings. The number of ether oxygens (including phenoxy) is 1. The highest BCUT2D eigenvalue weighted by atomic mass is 16.5. The highest BCUT2D eigenvalue weighted by molar-refractivity contribution is 5.43. The molecule has 0 radical (unpaired) electrons. The lowest BCUT2D eigenvalue weighted by Crippen LogP contribution is -2.36. The van der Waals surface area contributed by atoms with Crippen LogP contribution in [0.1, 0.15) is 26.2 Å². The number of hydrogen-bond acceptors (Lipinski definition) is 7. The van der Waals surface area contributed by atoms with Gasteiger partial charge in [-0.1, -0.05) is 0 Å². The molecule has 1 aliphatic heterocycles. The lowest BCUT2D eigenvalue weighted by molar-refractivity contribution is 0.183. The number of hydrogen-bond donors (Lipinski definition) is 1. The van der Waals surface area contributed by atoms with Crippen molar-refractivity contribution in [3.05, 3.63) is 0 Å². The third-order valence-corrected chi connectivity index (χ3v) is 3.65. The quantitative estimate of drug-likeness (QED) is 0.858. The first-order valence-electron chi connectivity index (χ1n) is 7.10. The Bertz CT molecular complexity index is 435.